The van der Waals surface area contributed by atoms with Crippen LogP contribution in [0, 0.1) is 0 Å². The number of rotatable bonds is 5. The third kappa shape index (κ3) is 5.74. The fraction of sp³-hybridized carbons (Fsp3) is 0.500. The summed E-state index contributed by atoms with van der Waals surface area (Å²) in [5, 5.41) is 8.23. The molecule has 3 heterocycles. The number of thiocarbonyl (C=S) groups is 1. The Labute approximate surface area is 169 Å². The molecule has 0 aromatic carbocycles. The van der Waals surface area contributed by atoms with Gasteiger partial charge in [-0.15, -0.1) is 0 Å². The van der Waals surface area contributed by atoms with Crippen LogP contribution in [-0.2, 0) is 0 Å². The summed E-state index contributed by atoms with van der Waals surface area (Å²) in [5.41, 5.74) is 0. The minimum Gasteiger partial charge on any atom is -0.360 e. The third-order valence-corrected chi connectivity index (χ3v) is 5.20. The van der Waals surface area contributed by atoms with Crippen LogP contribution in [0.25, 0.3) is 0 Å². The van der Waals surface area contributed by atoms with E-state index in [9.17, 15) is 0 Å². The Kier molecular flexibility index (Phi) is 6.78. The fourth-order valence-corrected chi connectivity index (χ4v) is 3.98. The highest BCUT2D eigenvalue weighted by Gasteiger charge is 2.21. The molecular formula is C18H25N7S2. The quantitative estimate of drug-likeness (QED) is 0.443. The van der Waals surface area contributed by atoms with E-state index in [0.29, 0.717) is 22.3 Å². The van der Waals surface area contributed by atoms with Crippen molar-refractivity contribution in [3.63, 3.8) is 0 Å². The number of nitrogens with zero attached hydrogens (tertiary/aromatic N) is 5. The smallest absolute Gasteiger partial charge is 0.232 e. The summed E-state index contributed by atoms with van der Waals surface area (Å²) in [7, 11) is 0. The van der Waals surface area contributed by atoms with E-state index < -0.39 is 0 Å². The van der Waals surface area contributed by atoms with Crippen molar-refractivity contribution in [1.82, 2.24) is 25.3 Å². The summed E-state index contributed by atoms with van der Waals surface area (Å²) in [6, 6.07) is 4.50. The van der Waals surface area contributed by atoms with Crippen LogP contribution in [-0.4, -0.2) is 43.7 Å². The normalized spacial score (nSPS) is 17.0. The maximum Gasteiger partial charge on any atom is 0.232 e. The first-order valence-electron chi connectivity index (χ1n) is 9.19. The topological polar surface area (TPSA) is 78.9 Å². The highest BCUT2D eigenvalue weighted by atomic mass is 32.2. The molecule has 1 fully saturated rings. The number of hydrogen-bond donors (Lipinski definition) is 2. The SMILES string of the molecule is CC(C)NC(=S)Nc1nc(Sc2ncccn2)cc(N2CCCC[C@@H]2C)n1. The summed E-state index contributed by atoms with van der Waals surface area (Å²) < 4.78 is 0. The van der Waals surface area contributed by atoms with Crippen LogP contribution in [0.2, 0.25) is 0 Å². The zero-order valence-corrected chi connectivity index (χ0v) is 17.5. The van der Waals surface area contributed by atoms with Gasteiger partial charge in [0.1, 0.15) is 10.8 Å². The van der Waals surface area contributed by atoms with Crippen LogP contribution in [0.3, 0.4) is 0 Å². The highest BCUT2D eigenvalue weighted by Crippen LogP contribution is 2.29. The van der Waals surface area contributed by atoms with Crippen LogP contribution >= 0.6 is 24.0 Å². The van der Waals surface area contributed by atoms with Crippen molar-refractivity contribution < 1.29 is 0 Å². The van der Waals surface area contributed by atoms with Gasteiger partial charge < -0.3 is 15.5 Å². The zero-order chi connectivity index (χ0) is 19.2. The lowest BCUT2D eigenvalue weighted by Crippen LogP contribution is -2.38. The number of anilines is 2. The molecule has 0 aliphatic carbocycles. The molecular weight excluding hydrogens is 378 g/mol. The summed E-state index contributed by atoms with van der Waals surface area (Å²) >= 11 is 6.78. The van der Waals surface area contributed by atoms with Crippen LogP contribution in [0.15, 0.2) is 34.7 Å². The molecule has 1 atom stereocenters. The lowest BCUT2D eigenvalue weighted by molar-refractivity contribution is 0.480. The Morgan fingerprint density at radius 2 is 2.04 bits per heavy atom. The number of hydrogen-bond acceptors (Lipinski definition) is 7. The second-order valence-corrected chi connectivity index (χ2v) is 8.21. The first-order chi connectivity index (χ1) is 13.0. The second-order valence-electron chi connectivity index (χ2n) is 6.81. The van der Waals surface area contributed by atoms with E-state index in [4.69, 9.17) is 17.2 Å². The van der Waals surface area contributed by atoms with Crippen LogP contribution in [0.4, 0.5) is 11.8 Å². The first kappa shape index (κ1) is 19.8. The van der Waals surface area contributed by atoms with Gasteiger partial charge in [-0.1, -0.05) is 0 Å². The van der Waals surface area contributed by atoms with E-state index in [0.717, 1.165) is 17.4 Å². The maximum atomic E-state index is 5.36. The Hall–Kier alpha value is -2.00. The molecule has 27 heavy (non-hydrogen) atoms. The minimum absolute atomic E-state index is 0.238. The lowest BCUT2D eigenvalue weighted by atomic mass is 10.0. The standard InChI is InChI=1S/C18H25N7S2/c1-12(2)21-17(26)24-16-22-14(25-10-5-4-7-13(25)3)11-15(23-16)27-18-19-8-6-9-20-18/h6,8-9,11-13H,4-5,7,10H2,1-3H3,(H2,21,22,23,24,26)/t13-/m0/s1. The highest BCUT2D eigenvalue weighted by molar-refractivity contribution is 7.99. The van der Waals surface area contributed by atoms with E-state index in [1.165, 1.54) is 31.0 Å². The Morgan fingerprint density at radius 1 is 1.26 bits per heavy atom. The monoisotopic (exact) mass is 403 g/mol. The van der Waals surface area contributed by atoms with E-state index in [1.54, 1.807) is 18.5 Å². The van der Waals surface area contributed by atoms with E-state index in [2.05, 4.69) is 37.4 Å². The minimum atomic E-state index is 0.238. The van der Waals surface area contributed by atoms with E-state index in [-0.39, 0.29) is 6.04 Å². The molecule has 0 bridgehead atoms. The molecule has 2 aromatic heterocycles. The molecule has 144 valence electrons. The van der Waals surface area contributed by atoms with E-state index >= 15 is 0 Å². The lowest BCUT2D eigenvalue weighted by Gasteiger charge is -2.34. The van der Waals surface area contributed by atoms with Gasteiger partial charge in [0.15, 0.2) is 10.3 Å². The maximum absolute atomic E-state index is 5.36. The molecule has 1 aliphatic heterocycles. The predicted octanol–water partition coefficient (Wildman–Crippen LogP) is 3.49. The average molecular weight is 404 g/mol. The molecule has 1 aliphatic rings. The van der Waals surface area contributed by atoms with Crippen molar-refractivity contribution in [1.29, 1.82) is 0 Å². The summed E-state index contributed by atoms with van der Waals surface area (Å²) in [4.78, 5) is 20.2. The van der Waals surface area contributed by atoms with Crippen LogP contribution in [0.1, 0.15) is 40.0 Å². The van der Waals surface area contributed by atoms with Gasteiger partial charge in [0, 0.05) is 37.1 Å². The summed E-state index contributed by atoms with van der Waals surface area (Å²) in [6.07, 6.45) is 7.06. The molecule has 2 aromatic rings. The van der Waals surface area contributed by atoms with E-state index in [1.807, 2.05) is 19.9 Å². The average Bonchev–Trinajstić information content (AvgIpc) is 2.62. The van der Waals surface area contributed by atoms with Gasteiger partial charge >= 0.3 is 0 Å². The summed E-state index contributed by atoms with van der Waals surface area (Å²) in [5.74, 6) is 1.40. The van der Waals surface area contributed by atoms with Crippen molar-refractivity contribution in [2.75, 3.05) is 16.8 Å². The Bertz CT molecular complexity index is 770. The number of piperidine rings is 1. The second kappa shape index (κ2) is 9.27. The first-order valence-corrected chi connectivity index (χ1v) is 10.4. The van der Waals surface area contributed by atoms with Gasteiger partial charge in [0.2, 0.25) is 5.95 Å². The number of nitrogens with one attached hydrogen (secondary N) is 2. The Morgan fingerprint density at radius 3 is 2.74 bits per heavy atom. The van der Waals surface area contributed by atoms with Gasteiger partial charge in [-0.2, -0.15) is 4.98 Å². The molecule has 1 saturated heterocycles. The van der Waals surface area contributed by atoms with Crippen molar-refractivity contribution in [2.24, 2.45) is 0 Å². The van der Waals surface area contributed by atoms with Crippen LogP contribution < -0.4 is 15.5 Å². The van der Waals surface area contributed by atoms with Crippen LogP contribution in [0.5, 0.6) is 0 Å². The summed E-state index contributed by atoms with van der Waals surface area (Å²) in [6.45, 7) is 7.31. The van der Waals surface area contributed by atoms with Crippen molar-refractivity contribution >= 4 is 40.9 Å². The predicted molar refractivity (Wildman–Crippen MR) is 113 cm³/mol. The third-order valence-electron chi connectivity index (χ3n) is 4.17. The largest absolute Gasteiger partial charge is 0.360 e. The Balaban J connectivity index is 1.88. The van der Waals surface area contributed by atoms with Crippen molar-refractivity contribution in [3.8, 4) is 0 Å². The fourth-order valence-electron chi connectivity index (χ4n) is 2.94. The molecule has 0 spiro atoms. The molecule has 9 heteroatoms. The zero-order valence-electron chi connectivity index (χ0n) is 15.8. The van der Waals surface area contributed by atoms with Crippen molar-refractivity contribution in [2.45, 2.75) is 62.3 Å². The van der Waals surface area contributed by atoms with Gasteiger partial charge in [0.05, 0.1) is 0 Å². The van der Waals surface area contributed by atoms with Gasteiger partial charge in [0.25, 0.3) is 0 Å². The molecule has 2 N–H and O–H groups in total. The number of aromatic nitrogens is 4. The van der Waals surface area contributed by atoms with Gasteiger partial charge in [-0.05, 0) is 70.1 Å². The van der Waals surface area contributed by atoms with Crippen molar-refractivity contribution in [3.05, 3.63) is 24.5 Å². The molecule has 0 unspecified atom stereocenters. The molecule has 7 nitrogen and oxygen atoms in total. The molecule has 0 radical (unpaired) electrons. The van der Waals surface area contributed by atoms with Gasteiger partial charge in [-0.3, -0.25) is 0 Å². The van der Waals surface area contributed by atoms with Gasteiger partial charge in [-0.25, -0.2) is 15.0 Å². The molecule has 3 rings (SSSR count). The molecule has 0 amide bonds. The molecule has 0 saturated carbocycles.